The van der Waals surface area contributed by atoms with Gasteiger partial charge in [-0.1, -0.05) is 31.1 Å². The van der Waals surface area contributed by atoms with Crippen LogP contribution in [0.4, 0.5) is 0 Å². The quantitative estimate of drug-likeness (QED) is 0.243. The number of carboxylic acids is 1. The van der Waals surface area contributed by atoms with Gasteiger partial charge in [-0.05, 0) is 25.7 Å². The number of carbonyl (C=O) groups is 1. The molecule has 0 rings (SSSR count). The summed E-state index contributed by atoms with van der Waals surface area (Å²) < 4.78 is 0. The topological polar surface area (TPSA) is 77.8 Å². The van der Waals surface area contributed by atoms with Gasteiger partial charge in [0.25, 0.3) is 0 Å². The molecular weight excluding hydrogens is 208 g/mol. The maximum Gasteiger partial charge on any atom is 0.328 e. The molecule has 0 amide bonds. The van der Waals surface area contributed by atoms with E-state index in [-0.39, 0.29) is 0 Å². The molecule has 0 bridgehead atoms. The van der Waals surface area contributed by atoms with Crippen LogP contribution >= 0.6 is 0 Å². The summed E-state index contributed by atoms with van der Waals surface area (Å²) in [5.74, 6) is -0.938. The lowest BCUT2D eigenvalue weighted by atomic mass is 10.1. The highest BCUT2D eigenvalue weighted by molar-refractivity contribution is 5.80. The van der Waals surface area contributed by atoms with Crippen LogP contribution < -0.4 is 0 Å². The molecule has 0 aromatic heterocycles. The van der Waals surface area contributed by atoms with E-state index in [1.54, 1.807) is 6.08 Å². The third-order valence-corrected chi connectivity index (χ3v) is 2.07. The molecule has 0 aromatic carbocycles. The summed E-state index contributed by atoms with van der Waals surface area (Å²) in [6.07, 6.45) is 10.4. The molecule has 0 aliphatic heterocycles. The SMILES string of the molecule is O=C(O)/C=C/C=C/CCCCCCC(O)O. The molecule has 0 aromatic rings. The first-order valence-electron chi connectivity index (χ1n) is 5.55. The molecule has 0 atom stereocenters. The minimum atomic E-state index is -1.18. The third-order valence-electron chi connectivity index (χ3n) is 2.07. The van der Waals surface area contributed by atoms with Gasteiger partial charge in [-0.15, -0.1) is 0 Å². The number of rotatable bonds is 9. The second-order valence-corrected chi connectivity index (χ2v) is 3.60. The normalized spacial score (nSPS) is 11.9. The van der Waals surface area contributed by atoms with Gasteiger partial charge in [0, 0.05) is 6.08 Å². The molecule has 0 saturated carbocycles. The highest BCUT2D eigenvalue weighted by atomic mass is 16.5. The Morgan fingerprint density at radius 1 is 1.06 bits per heavy atom. The smallest absolute Gasteiger partial charge is 0.328 e. The number of aliphatic carboxylic acids is 1. The van der Waals surface area contributed by atoms with E-state index in [0.29, 0.717) is 6.42 Å². The molecule has 0 fully saturated rings. The molecule has 0 aliphatic rings. The second-order valence-electron chi connectivity index (χ2n) is 3.60. The monoisotopic (exact) mass is 228 g/mol. The first kappa shape index (κ1) is 14.9. The van der Waals surface area contributed by atoms with Crippen LogP contribution in [0.3, 0.4) is 0 Å². The molecule has 16 heavy (non-hydrogen) atoms. The summed E-state index contributed by atoms with van der Waals surface area (Å²) in [5.41, 5.74) is 0. The molecule has 0 heterocycles. The van der Waals surface area contributed by atoms with Gasteiger partial charge in [0.1, 0.15) is 0 Å². The molecule has 4 heteroatoms. The van der Waals surface area contributed by atoms with Crippen molar-refractivity contribution in [1.82, 2.24) is 0 Å². The molecule has 0 aliphatic carbocycles. The summed E-state index contributed by atoms with van der Waals surface area (Å²) in [7, 11) is 0. The standard InChI is InChI=1S/C12H20O4/c13-11(14)9-7-5-3-1-2-4-6-8-10-12(15)16/h3,5,7,9,12,15-16H,1-2,4,6,8,10H2,(H,13,14)/b5-3+,9-7+. The van der Waals surface area contributed by atoms with Gasteiger partial charge in [0.05, 0.1) is 0 Å². The molecule has 0 unspecified atom stereocenters. The first-order valence-corrected chi connectivity index (χ1v) is 5.55. The van der Waals surface area contributed by atoms with Crippen LogP contribution in [0.25, 0.3) is 0 Å². The van der Waals surface area contributed by atoms with Crippen LogP contribution in [-0.2, 0) is 4.79 Å². The maximum atomic E-state index is 10.1. The lowest BCUT2D eigenvalue weighted by Crippen LogP contribution is -2.02. The number of unbranched alkanes of at least 4 members (excludes halogenated alkanes) is 4. The van der Waals surface area contributed by atoms with Crippen molar-refractivity contribution >= 4 is 5.97 Å². The maximum absolute atomic E-state index is 10.1. The molecule has 0 radical (unpaired) electrons. The van der Waals surface area contributed by atoms with Gasteiger partial charge in [-0.3, -0.25) is 0 Å². The Balaban J connectivity index is 3.24. The number of aliphatic hydroxyl groups is 2. The van der Waals surface area contributed by atoms with Crippen LogP contribution in [0, 0.1) is 0 Å². The van der Waals surface area contributed by atoms with Crippen LogP contribution in [-0.4, -0.2) is 27.6 Å². The fourth-order valence-corrected chi connectivity index (χ4v) is 1.26. The predicted molar refractivity (Wildman–Crippen MR) is 61.8 cm³/mol. The Bertz CT molecular complexity index is 231. The van der Waals surface area contributed by atoms with Crippen molar-refractivity contribution in [1.29, 1.82) is 0 Å². The van der Waals surface area contributed by atoms with Crippen LogP contribution in [0.1, 0.15) is 38.5 Å². The van der Waals surface area contributed by atoms with Gasteiger partial charge < -0.3 is 15.3 Å². The van der Waals surface area contributed by atoms with Crippen molar-refractivity contribution in [2.24, 2.45) is 0 Å². The number of allylic oxidation sites excluding steroid dienone is 3. The zero-order valence-corrected chi connectivity index (χ0v) is 9.38. The number of aliphatic hydroxyl groups excluding tert-OH is 1. The van der Waals surface area contributed by atoms with E-state index in [1.807, 2.05) is 6.08 Å². The molecule has 3 N–H and O–H groups in total. The number of hydrogen-bond acceptors (Lipinski definition) is 3. The Labute approximate surface area is 95.9 Å². The van der Waals surface area contributed by atoms with Gasteiger partial charge >= 0.3 is 5.97 Å². The predicted octanol–water partition coefficient (Wildman–Crippen LogP) is 1.83. The zero-order chi connectivity index (χ0) is 12.2. The molecule has 92 valence electrons. The molecule has 0 saturated heterocycles. The van der Waals surface area contributed by atoms with Crippen molar-refractivity contribution in [2.75, 3.05) is 0 Å². The average Bonchev–Trinajstić information content (AvgIpc) is 2.20. The third kappa shape index (κ3) is 12.9. The minimum Gasteiger partial charge on any atom is -0.478 e. The van der Waals surface area contributed by atoms with E-state index in [0.717, 1.165) is 38.2 Å². The van der Waals surface area contributed by atoms with Gasteiger partial charge in [-0.2, -0.15) is 0 Å². The summed E-state index contributed by atoms with van der Waals surface area (Å²) in [6.45, 7) is 0. The van der Waals surface area contributed by atoms with E-state index >= 15 is 0 Å². The molecular formula is C12H20O4. The molecule has 4 nitrogen and oxygen atoms in total. The van der Waals surface area contributed by atoms with E-state index in [1.165, 1.54) is 6.08 Å². The van der Waals surface area contributed by atoms with Gasteiger partial charge in [-0.25, -0.2) is 4.79 Å². The van der Waals surface area contributed by atoms with Gasteiger partial charge in [0.2, 0.25) is 0 Å². The van der Waals surface area contributed by atoms with Crippen LogP contribution in [0.5, 0.6) is 0 Å². The Hall–Kier alpha value is -1.13. The minimum absolute atomic E-state index is 0.442. The van der Waals surface area contributed by atoms with E-state index in [4.69, 9.17) is 15.3 Å². The summed E-state index contributed by atoms with van der Waals surface area (Å²) in [5, 5.41) is 25.5. The first-order chi connectivity index (χ1) is 7.63. The Morgan fingerprint density at radius 2 is 1.75 bits per heavy atom. The van der Waals surface area contributed by atoms with Gasteiger partial charge in [0.15, 0.2) is 6.29 Å². The summed E-state index contributed by atoms with van der Waals surface area (Å²) in [6, 6.07) is 0. The highest BCUT2D eigenvalue weighted by Crippen LogP contribution is 2.06. The van der Waals surface area contributed by atoms with Crippen molar-refractivity contribution in [3.63, 3.8) is 0 Å². The van der Waals surface area contributed by atoms with E-state index in [9.17, 15) is 4.79 Å². The van der Waals surface area contributed by atoms with Crippen molar-refractivity contribution in [2.45, 2.75) is 44.8 Å². The lowest BCUT2D eigenvalue weighted by molar-refractivity contribution is -0.131. The van der Waals surface area contributed by atoms with E-state index < -0.39 is 12.3 Å². The highest BCUT2D eigenvalue weighted by Gasteiger charge is 1.95. The summed E-state index contributed by atoms with van der Waals surface area (Å²) in [4.78, 5) is 10.1. The number of hydrogen-bond donors (Lipinski definition) is 3. The summed E-state index contributed by atoms with van der Waals surface area (Å²) >= 11 is 0. The van der Waals surface area contributed by atoms with Crippen LogP contribution in [0.15, 0.2) is 24.3 Å². The number of carboxylic acid groups (broad SMARTS) is 1. The lowest BCUT2D eigenvalue weighted by Gasteiger charge is -2.01. The largest absolute Gasteiger partial charge is 0.478 e. The van der Waals surface area contributed by atoms with Crippen LogP contribution in [0.2, 0.25) is 0 Å². The van der Waals surface area contributed by atoms with E-state index in [2.05, 4.69) is 0 Å². The Kier molecular flexibility index (Phi) is 9.66. The fourth-order valence-electron chi connectivity index (χ4n) is 1.26. The van der Waals surface area contributed by atoms with Crippen molar-refractivity contribution < 1.29 is 20.1 Å². The fraction of sp³-hybridized carbons (Fsp3) is 0.583. The van der Waals surface area contributed by atoms with Crippen molar-refractivity contribution in [3.05, 3.63) is 24.3 Å². The molecule has 0 spiro atoms. The average molecular weight is 228 g/mol. The second kappa shape index (κ2) is 10.4. The zero-order valence-electron chi connectivity index (χ0n) is 9.38. The van der Waals surface area contributed by atoms with Crippen molar-refractivity contribution in [3.8, 4) is 0 Å². The Morgan fingerprint density at radius 3 is 2.38 bits per heavy atom.